The first kappa shape index (κ1) is 18.1. The van der Waals surface area contributed by atoms with Crippen molar-refractivity contribution < 1.29 is 4.74 Å². The molecular formula is C18H12I4OS. The average molecular weight is 784 g/mol. The Bertz CT molecular complexity index is 849. The molecule has 0 saturated carbocycles. The van der Waals surface area contributed by atoms with Gasteiger partial charge in [-0.25, -0.2) is 0 Å². The molecule has 24 heavy (non-hydrogen) atoms. The van der Waals surface area contributed by atoms with Crippen molar-refractivity contribution in [3.63, 3.8) is 0 Å². The van der Waals surface area contributed by atoms with Crippen LogP contribution in [0.5, 0.6) is 11.5 Å². The van der Waals surface area contributed by atoms with Crippen LogP contribution in [-0.4, -0.2) is 0 Å². The van der Waals surface area contributed by atoms with Gasteiger partial charge >= 0.3 is 185 Å². The summed E-state index contributed by atoms with van der Waals surface area (Å²) < 4.78 is 7.63. The van der Waals surface area contributed by atoms with Crippen LogP contribution < -0.4 is 4.74 Å². The monoisotopic (exact) mass is 784 g/mol. The fourth-order valence-electron chi connectivity index (χ4n) is 2.87. The van der Waals surface area contributed by atoms with E-state index in [-0.39, 0.29) is 0 Å². The van der Waals surface area contributed by atoms with Gasteiger partial charge in [-0.15, -0.1) is 0 Å². The van der Waals surface area contributed by atoms with Crippen LogP contribution in [0.25, 0.3) is 0 Å². The average Bonchev–Trinajstić information content (AvgIpc) is 2.60. The van der Waals surface area contributed by atoms with E-state index >= 15 is 0 Å². The summed E-state index contributed by atoms with van der Waals surface area (Å²) in [5.41, 5.74) is 0. The maximum absolute atomic E-state index is 6.28. The molecular weight excluding hydrogens is 772 g/mol. The molecule has 0 N–H and O–H groups in total. The summed E-state index contributed by atoms with van der Waals surface area (Å²) in [7, 11) is -2.63. The van der Waals surface area contributed by atoms with Crippen LogP contribution in [0.2, 0.25) is 0 Å². The predicted octanol–water partition coefficient (Wildman–Crippen LogP) is 8.80. The predicted molar refractivity (Wildman–Crippen MR) is 137 cm³/mol. The Morgan fingerprint density at radius 3 is 1.62 bits per heavy atom. The molecule has 0 saturated heterocycles. The zero-order valence-electron chi connectivity index (χ0n) is 12.3. The van der Waals surface area contributed by atoms with Crippen molar-refractivity contribution in [3.8, 4) is 11.5 Å². The number of para-hydroxylation sites is 2. The van der Waals surface area contributed by atoms with Crippen LogP contribution in [0.3, 0.4) is 0 Å². The summed E-state index contributed by atoms with van der Waals surface area (Å²) >= 11 is 8.00. The van der Waals surface area contributed by atoms with Gasteiger partial charge in [0.1, 0.15) is 0 Å². The van der Waals surface area contributed by atoms with Crippen molar-refractivity contribution in [2.45, 2.75) is 14.7 Å². The molecule has 0 aliphatic carbocycles. The first-order chi connectivity index (χ1) is 11.7. The molecule has 1 aliphatic heterocycles. The molecule has 0 aromatic heterocycles. The molecule has 3 aromatic rings. The number of hydrogen-bond donors (Lipinski definition) is 0. The molecule has 0 radical (unpaired) electrons. The molecule has 0 amide bonds. The van der Waals surface area contributed by atoms with Gasteiger partial charge in [0.05, 0.1) is 0 Å². The van der Waals surface area contributed by atoms with E-state index in [1.165, 1.54) is 18.3 Å². The summed E-state index contributed by atoms with van der Waals surface area (Å²) in [6, 6.07) is 26.1. The third-order valence-corrected chi connectivity index (χ3v) is 35.7. The Kier molecular flexibility index (Phi) is 5.58. The number of ether oxygens (including phenoxy) is 1. The van der Waals surface area contributed by atoms with Crippen LogP contribution in [-0.2, 0) is 0 Å². The van der Waals surface area contributed by atoms with Crippen molar-refractivity contribution >= 4 is 77.5 Å². The molecule has 0 spiro atoms. The van der Waals surface area contributed by atoms with Crippen molar-refractivity contribution in [1.29, 1.82) is 0 Å². The molecule has 4 rings (SSSR count). The van der Waals surface area contributed by atoms with E-state index < -0.39 is 17.7 Å². The Morgan fingerprint density at radius 2 is 1.12 bits per heavy atom. The Balaban J connectivity index is 2.16. The van der Waals surface area contributed by atoms with Crippen molar-refractivity contribution in [2.75, 3.05) is 0 Å². The molecule has 0 unspecified atom stereocenters. The first-order valence-corrected chi connectivity index (χ1v) is 25.0. The van der Waals surface area contributed by atoms with E-state index in [0.29, 0.717) is 0 Å². The summed E-state index contributed by atoms with van der Waals surface area (Å²) in [5.74, 6) is 2.06. The Morgan fingerprint density at radius 1 is 0.667 bits per heavy atom. The fourth-order valence-corrected chi connectivity index (χ4v) is 36.7. The summed E-state index contributed by atoms with van der Waals surface area (Å²) in [4.78, 5) is 4.27. The van der Waals surface area contributed by atoms with Gasteiger partial charge in [-0.05, 0) is 0 Å². The molecule has 1 aliphatic rings. The third kappa shape index (κ3) is 2.82. The molecule has 1 nitrogen and oxygen atoms in total. The normalized spacial score (nSPS) is 16.4. The molecule has 0 fully saturated rings. The number of hydrogen-bond acceptors (Lipinski definition) is 1. The molecule has 0 atom stereocenters. The maximum atomic E-state index is 6.28. The zero-order valence-corrected chi connectivity index (χ0v) is 21.7. The molecule has 1 heterocycles. The zero-order chi connectivity index (χ0) is 16.7. The van der Waals surface area contributed by atoms with E-state index in [4.69, 9.17) is 4.74 Å². The van der Waals surface area contributed by atoms with Crippen LogP contribution in [0, 0.1) is 3.57 Å². The van der Waals surface area contributed by atoms with Crippen molar-refractivity contribution in [2.24, 2.45) is 0 Å². The minimum atomic E-state index is -1.38. The van der Waals surface area contributed by atoms with E-state index in [1.807, 2.05) is 0 Å². The second kappa shape index (κ2) is 7.39. The quantitative estimate of drug-likeness (QED) is 0.236. The standard InChI is InChI=1S/C18H12I4OS/c19-13-7-1-4-10-16(13)24(22(20)21)17-11-5-2-8-14(17)23-15-9-3-6-12-18(15)24/h1-12H. The van der Waals surface area contributed by atoms with Crippen LogP contribution >= 0.6 is 77.5 Å². The van der Waals surface area contributed by atoms with Crippen LogP contribution in [0.4, 0.5) is 0 Å². The van der Waals surface area contributed by atoms with Crippen molar-refractivity contribution in [1.82, 2.24) is 0 Å². The van der Waals surface area contributed by atoms with Gasteiger partial charge in [0.15, 0.2) is 0 Å². The minimum absolute atomic E-state index is 1.03. The van der Waals surface area contributed by atoms with Crippen LogP contribution in [0.1, 0.15) is 0 Å². The number of rotatable bonds is 2. The van der Waals surface area contributed by atoms with Gasteiger partial charge in [0.2, 0.25) is 0 Å². The van der Waals surface area contributed by atoms with E-state index in [2.05, 4.69) is 133 Å². The first-order valence-electron chi connectivity index (χ1n) is 7.13. The van der Waals surface area contributed by atoms with Gasteiger partial charge in [-0.1, -0.05) is 0 Å². The van der Waals surface area contributed by atoms with E-state index in [9.17, 15) is 0 Å². The van der Waals surface area contributed by atoms with Crippen LogP contribution in [0.15, 0.2) is 87.5 Å². The SMILES string of the molecule is Ic1ccccc1S1(I(I)I)c2ccccc2Oc2ccccc21. The second-order valence-corrected chi connectivity index (χ2v) is 44.5. The van der Waals surface area contributed by atoms with Gasteiger partial charge in [-0.3, -0.25) is 0 Å². The van der Waals surface area contributed by atoms with Gasteiger partial charge in [-0.2, -0.15) is 0 Å². The van der Waals surface area contributed by atoms with E-state index in [0.717, 1.165) is 11.5 Å². The topological polar surface area (TPSA) is 9.23 Å². The molecule has 6 heteroatoms. The van der Waals surface area contributed by atoms with Gasteiger partial charge in [0, 0.05) is 0 Å². The molecule has 3 aromatic carbocycles. The Labute approximate surface area is 182 Å². The fraction of sp³-hybridized carbons (Fsp3) is 0. The molecule has 0 bridgehead atoms. The van der Waals surface area contributed by atoms with Crippen molar-refractivity contribution in [3.05, 3.63) is 76.4 Å². The summed E-state index contributed by atoms with van der Waals surface area (Å²) in [6.07, 6.45) is 0. The Hall–Kier alpha value is 0.730. The second-order valence-electron chi connectivity index (χ2n) is 5.13. The van der Waals surface area contributed by atoms with Gasteiger partial charge in [0.25, 0.3) is 0 Å². The summed E-state index contributed by atoms with van der Waals surface area (Å²) in [5, 5.41) is 0. The van der Waals surface area contributed by atoms with E-state index in [1.54, 1.807) is 0 Å². The van der Waals surface area contributed by atoms with Gasteiger partial charge < -0.3 is 0 Å². The summed E-state index contributed by atoms with van der Waals surface area (Å²) in [6.45, 7) is 0. The number of fused-ring (bicyclic) bond motifs is 2. The molecule has 124 valence electrons. The number of benzene rings is 3. The third-order valence-electron chi connectivity index (χ3n) is 3.84. The number of halogens is 4.